The molecule has 0 unspecified atom stereocenters. The second kappa shape index (κ2) is 7.33. The lowest BCUT2D eigenvalue weighted by atomic mass is 10.3. The monoisotopic (exact) mass is 282 g/mol. The quantitative estimate of drug-likeness (QED) is 0.782. The Morgan fingerprint density at radius 2 is 2.16 bits per heavy atom. The number of rotatable bonds is 4. The minimum atomic E-state index is -0.197. The first-order valence-corrected chi connectivity index (χ1v) is 6.85. The van der Waals surface area contributed by atoms with Crippen LogP contribution < -0.4 is 16.0 Å². The van der Waals surface area contributed by atoms with E-state index in [1.165, 1.54) is 0 Å². The Morgan fingerprint density at radius 1 is 1.37 bits per heavy atom. The van der Waals surface area contributed by atoms with Crippen LogP contribution in [0.3, 0.4) is 0 Å². The van der Waals surface area contributed by atoms with Crippen molar-refractivity contribution in [2.24, 2.45) is 0 Å². The summed E-state index contributed by atoms with van der Waals surface area (Å²) < 4.78 is 0. The van der Waals surface area contributed by atoms with Crippen molar-refractivity contribution in [3.63, 3.8) is 0 Å². The van der Waals surface area contributed by atoms with Crippen LogP contribution in [-0.2, 0) is 0 Å². The molecule has 0 aromatic heterocycles. The van der Waals surface area contributed by atoms with Crippen LogP contribution >= 0.6 is 11.6 Å². The molecule has 0 aliphatic carbocycles. The van der Waals surface area contributed by atoms with Gasteiger partial charge in [0.05, 0.1) is 0 Å². The number of halogens is 1. The summed E-state index contributed by atoms with van der Waals surface area (Å²) in [4.78, 5) is 14.0. The van der Waals surface area contributed by atoms with E-state index >= 15 is 0 Å². The molecule has 1 aliphatic heterocycles. The van der Waals surface area contributed by atoms with Crippen molar-refractivity contribution in [3.8, 4) is 0 Å². The van der Waals surface area contributed by atoms with Crippen molar-refractivity contribution in [3.05, 3.63) is 29.3 Å². The first-order valence-electron chi connectivity index (χ1n) is 6.47. The Balaban J connectivity index is 1.67. The molecule has 2 amide bonds. The normalized spacial score (nSPS) is 16.1. The Morgan fingerprint density at radius 3 is 2.89 bits per heavy atom. The lowest BCUT2D eigenvalue weighted by Crippen LogP contribution is -2.46. The van der Waals surface area contributed by atoms with E-state index < -0.39 is 0 Å². The summed E-state index contributed by atoms with van der Waals surface area (Å²) in [5, 5.41) is 9.51. The van der Waals surface area contributed by atoms with Gasteiger partial charge in [-0.15, -0.1) is 0 Å². The number of amides is 2. The Labute approximate surface area is 118 Å². The average molecular weight is 283 g/mol. The lowest BCUT2D eigenvalue weighted by Gasteiger charge is -2.27. The number of carbonyl (C=O) groups is 1. The third-order valence-corrected chi connectivity index (χ3v) is 3.24. The maximum Gasteiger partial charge on any atom is 0.319 e. The molecule has 104 valence electrons. The molecule has 1 aromatic carbocycles. The number of urea groups is 1. The van der Waals surface area contributed by atoms with Crippen LogP contribution in [0.5, 0.6) is 0 Å². The summed E-state index contributed by atoms with van der Waals surface area (Å²) in [6.45, 7) is 5.65. The van der Waals surface area contributed by atoms with Crippen LogP contribution in [-0.4, -0.2) is 50.2 Å². The number of carbonyl (C=O) groups excluding carboxylic acids is 1. The number of anilines is 1. The van der Waals surface area contributed by atoms with E-state index in [0.717, 1.165) is 32.7 Å². The first-order chi connectivity index (χ1) is 9.24. The minimum absolute atomic E-state index is 0.197. The van der Waals surface area contributed by atoms with Crippen LogP contribution in [0, 0.1) is 0 Å². The number of benzene rings is 1. The Hall–Kier alpha value is -1.30. The van der Waals surface area contributed by atoms with Crippen LogP contribution in [0.25, 0.3) is 0 Å². The summed E-state index contributed by atoms with van der Waals surface area (Å²) in [6.07, 6.45) is 0. The molecule has 6 heteroatoms. The van der Waals surface area contributed by atoms with Crippen LogP contribution in [0.2, 0.25) is 5.02 Å². The van der Waals surface area contributed by atoms with Gasteiger partial charge in [-0.2, -0.15) is 0 Å². The summed E-state index contributed by atoms with van der Waals surface area (Å²) in [7, 11) is 0. The van der Waals surface area contributed by atoms with E-state index in [2.05, 4.69) is 20.9 Å². The van der Waals surface area contributed by atoms with Gasteiger partial charge in [-0.25, -0.2) is 4.79 Å². The molecule has 2 rings (SSSR count). The molecule has 1 fully saturated rings. The van der Waals surface area contributed by atoms with Gasteiger partial charge in [0.15, 0.2) is 0 Å². The van der Waals surface area contributed by atoms with Gasteiger partial charge in [0.25, 0.3) is 0 Å². The highest BCUT2D eigenvalue weighted by atomic mass is 35.5. The highest BCUT2D eigenvalue weighted by molar-refractivity contribution is 6.30. The molecule has 0 bridgehead atoms. The van der Waals surface area contributed by atoms with Gasteiger partial charge >= 0.3 is 6.03 Å². The van der Waals surface area contributed by atoms with E-state index in [1.807, 2.05) is 6.07 Å². The summed E-state index contributed by atoms with van der Waals surface area (Å²) >= 11 is 5.85. The average Bonchev–Trinajstić information content (AvgIpc) is 2.40. The molecule has 5 nitrogen and oxygen atoms in total. The molecule has 1 aromatic rings. The minimum Gasteiger partial charge on any atom is -0.337 e. The molecule has 0 spiro atoms. The highest BCUT2D eigenvalue weighted by Gasteiger charge is 2.09. The molecule has 19 heavy (non-hydrogen) atoms. The number of piperazine rings is 1. The second-order valence-electron chi connectivity index (χ2n) is 4.48. The van der Waals surface area contributed by atoms with Gasteiger partial charge in [0, 0.05) is 50.0 Å². The smallest absolute Gasteiger partial charge is 0.319 e. The molecular formula is C13H19ClN4O. The standard InChI is InChI=1S/C13H19ClN4O/c14-11-2-1-3-12(10-11)17-13(19)16-6-9-18-7-4-15-5-8-18/h1-3,10,15H,4-9H2,(H2,16,17,19). The topological polar surface area (TPSA) is 56.4 Å². The predicted molar refractivity (Wildman–Crippen MR) is 77.8 cm³/mol. The van der Waals surface area contributed by atoms with Crippen LogP contribution in [0.4, 0.5) is 10.5 Å². The maximum atomic E-state index is 11.7. The molecular weight excluding hydrogens is 264 g/mol. The zero-order valence-corrected chi connectivity index (χ0v) is 11.5. The zero-order chi connectivity index (χ0) is 13.5. The fourth-order valence-corrected chi connectivity index (χ4v) is 2.19. The molecule has 0 atom stereocenters. The van der Waals surface area contributed by atoms with Gasteiger partial charge in [-0.3, -0.25) is 4.90 Å². The van der Waals surface area contributed by atoms with E-state index in [0.29, 0.717) is 17.3 Å². The number of nitrogens with one attached hydrogen (secondary N) is 3. The van der Waals surface area contributed by atoms with Gasteiger partial charge in [-0.05, 0) is 18.2 Å². The molecule has 0 radical (unpaired) electrons. The third-order valence-electron chi connectivity index (χ3n) is 3.01. The fourth-order valence-electron chi connectivity index (χ4n) is 2.00. The van der Waals surface area contributed by atoms with Gasteiger partial charge < -0.3 is 16.0 Å². The van der Waals surface area contributed by atoms with E-state index in [-0.39, 0.29) is 6.03 Å². The fraction of sp³-hybridized carbons (Fsp3) is 0.462. The van der Waals surface area contributed by atoms with Crippen molar-refractivity contribution in [1.29, 1.82) is 0 Å². The predicted octanol–water partition coefficient (Wildman–Crippen LogP) is 1.37. The maximum absolute atomic E-state index is 11.7. The Bertz CT molecular complexity index is 421. The van der Waals surface area contributed by atoms with E-state index in [4.69, 9.17) is 11.6 Å². The molecule has 1 heterocycles. The van der Waals surface area contributed by atoms with Crippen molar-refractivity contribution in [2.75, 3.05) is 44.6 Å². The summed E-state index contributed by atoms with van der Waals surface area (Å²) in [5.74, 6) is 0. The molecule has 3 N–H and O–H groups in total. The van der Waals surface area contributed by atoms with Crippen molar-refractivity contribution < 1.29 is 4.79 Å². The zero-order valence-electron chi connectivity index (χ0n) is 10.8. The molecule has 1 saturated heterocycles. The van der Waals surface area contributed by atoms with Crippen molar-refractivity contribution >= 4 is 23.3 Å². The van der Waals surface area contributed by atoms with Gasteiger partial charge in [0.2, 0.25) is 0 Å². The number of nitrogens with zero attached hydrogens (tertiary/aromatic N) is 1. The van der Waals surface area contributed by atoms with Gasteiger partial charge in [0.1, 0.15) is 0 Å². The Kier molecular flexibility index (Phi) is 5.44. The number of hydrogen-bond donors (Lipinski definition) is 3. The van der Waals surface area contributed by atoms with E-state index in [1.54, 1.807) is 18.2 Å². The highest BCUT2D eigenvalue weighted by Crippen LogP contribution is 2.14. The SMILES string of the molecule is O=C(NCCN1CCNCC1)Nc1cccc(Cl)c1. The van der Waals surface area contributed by atoms with Crippen molar-refractivity contribution in [2.45, 2.75) is 0 Å². The summed E-state index contributed by atoms with van der Waals surface area (Å²) in [6, 6.07) is 6.91. The number of hydrogen-bond acceptors (Lipinski definition) is 3. The van der Waals surface area contributed by atoms with Gasteiger partial charge in [-0.1, -0.05) is 17.7 Å². The molecule has 0 saturated carbocycles. The third kappa shape index (κ3) is 5.06. The lowest BCUT2D eigenvalue weighted by molar-refractivity contribution is 0.233. The van der Waals surface area contributed by atoms with E-state index in [9.17, 15) is 4.79 Å². The largest absolute Gasteiger partial charge is 0.337 e. The van der Waals surface area contributed by atoms with Crippen LogP contribution in [0.1, 0.15) is 0 Å². The summed E-state index contributed by atoms with van der Waals surface area (Å²) in [5.41, 5.74) is 0.701. The van der Waals surface area contributed by atoms with Crippen molar-refractivity contribution in [1.82, 2.24) is 15.5 Å². The second-order valence-corrected chi connectivity index (χ2v) is 4.92. The molecule has 1 aliphatic rings. The van der Waals surface area contributed by atoms with Crippen LogP contribution in [0.15, 0.2) is 24.3 Å². The first kappa shape index (κ1) is 14.1.